The Bertz CT molecular complexity index is 539. The molecule has 2 aromatic rings. The molecule has 4 nitrogen and oxygen atoms in total. The summed E-state index contributed by atoms with van der Waals surface area (Å²) in [7, 11) is 0. The van der Waals surface area contributed by atoms with Crippen molar-refractivity contribution in [1.82, 2.24) is 15.5 Å². The molecule has 2 rings (SSSR count). The summed E-state index contributed by atoms with van der Waals surface area (Å²) < 4.78 is 5.34. The van der Waals surface area contributed by atoms with E-state index in [-0.39, 0.29) is 0 Å². The summed E-state index contributed by atoms with van der Waals surface area (Å²) in [6.45, 7) is 7.33. The van der Waals surface area contributed by atoms with Crippen molar-refractivity contribution in [3.63, 3.8) is 0 Å². The summed E-state index contributed by atoms with van der Waals surface area (Å²) in [4.78, 5) is 5.70. The molecule has 0 saturated carbocycles. The molecule has 1 N–H and O–H groups in total. The highest BCUT2D eigenvalue weighted by atomic mass is 32.2. The lowest BCUT2D eigenvalue weighted by Gasteiger charge is -2.12. The average Bonchev–Trinajstić information content (AvgIpc) is 2.94. The first kappa shape index (κ1) is 16.0. The molecule has 0 amide bonds. The quantitative estimate of drug-likeness (QED) is 0.755. The predicted octanol–water partition coefficient (Wildman–Crippen LogP) is 3.60. The van der Waals surface area contributed by atoms with Crippen molar-refractivity contribution < 1.29 is 4.52 Å². The third-order valence-corrected chi connectivity index (χ3v) is 4.31. The molecule has 0 saturated heterocycles. The third kappa shape index (κ3) is 5.17. The number of benzene rings is 1. The lowest BCUT2D eigenvalue weighted by atomic mass is 10.1. The summed E-state index contributed by atoms with van der Waals surface area (Å²) >= 11 is 1.73. The van der Waals surface area contributed by atoms with Gasteiger partial charge in [0.15, 0.2) is 5.82 Å². The fraction of sp³-hybridized carbons (Fsp3) is 0.500. The highest BCUT2D eigenvalue weighted by Gasteiger charge is 2.12. The van der Waals surface area contributed by atoms with Gasteiger partial charge >= 0.3 is 0 Å². The smallest absolute Gasteiger partial charge is 0.228 e. The summed E-state index contributed by atoms with van der Waals surface area (Å²) in [5, 5.41) is 7.48. The molecule has 1 unspecified atom stereocenters. The van der Waals surface area contributed by atoms with E-state index in [1.165, 1.54) is 10.5 Å². The van der Waals surface area contributed by atoms with Crippen molar-refractivity contribution in [2.45, 2.75) is 50.3 Å². The maximum absolute atomic E-state index is 5.34. The monoisotopic (exact) mass is 305 g/mol. The van der Waals surface area contributed by atoms with E-state index in [1.54, 1.807) is 11.8 Å². The standard InChI is InChI=1S/C16H23N3OS/c1-4-13(17-5-2)10-16-18-15(19-20-16)11-21-14-8-6-12(3)7-9-14/h6-9,13,17H,4-5,10-11H2,1-3H3. The number of thioether (sulfide) groups is 1. The zero-order valence-corrected chi connectivity index (χ0v) is 13.7. The molecule has 0 fully saturated rings. The molecule has 1 aromatic heterocycles. The van der Waals surface area contributed by atoms with E-state index >= 15 is 0 Å². The Balaban J connectivity index is 1.86. The van der Waals surface area contributed by atoms with Gasteiger partial charge in [-0.05, 0) is 32.0 Å². The van der Waals surface area contributed by atoms with E-state index in [4.69, 9.17) is 4.52 Å². The van der Waals surface area contributed by atoms with E-state index < -0.39 is 0 Å². The first-order chi connectivity index (χ1) is 10.2. The van der Waals surface area contributed by atoms with Gasteiger partial charge in [0.05, 0.1) is 5.75 Å². The second-order valence-corrected chi connectivity index (χ2v) is 6.12. The minimum Gasteiger partial charge on any atom is -0.339 e. The van der Waals surface area contributed by atoms with E-state index in [0.717, 1.165) is 36.9 Å². The maximum Gasteiger partial charge on any atom is 0.228 e. The highest BCUT2D eigenvalue weighted by molar-refractivity contribution is 7.98. The molecule has 21 heavy (non-hydrogen) atoms. The second-order valence-electron chi connectivity index (χ2n) is 5.07. The average molecular weight is 305 g/mol. The van der Waals surface area contributed by atoms with Gasteiger partial charge in [0.2, 0.25) is 5.89 Å². The molecular weight excluding hydrogens is 282 g/mol. The molecule has 0 aliphatic carbocycles. The van der Waals surface area contributed by atoms with Crippen molar-refractivity contribution in [3.05, 3.63) is 41.5 Å². The van der Waals surface area contributed by atoms with Crippen molar-refractivity contribution >= 4 is 11.8 Å². The molecule has 1 atom stereocenters. The molecule has 1 heterocycles. The first-order valence-corrected chi connectivity index (χ1v) is 8.44. The topological polar surface area (TPSA) is 51.0 Å². The fourth-order valence-corrected chi connectivity index (χ4v) is 2.82. The minimum absolute atomic E-state index is 0.410. The third-order valence-electron chi connectivity index (χ3n) is 3.31. The number of likely N-dealkylation sites (N-methyl/N-ethyl adjacent to an activating group) is 1. The van der Waals surface area contributed by atoms with Crippen LogP contribution in [0.25, 0.3) is 0 Å². The summed E-state index contributed by atoms with van der Waals surface area (Å²) in [5.74, 6) is 2.23. The van der Waals surface area contributed by atoms with Gasteiger partial charge in [-0.15, -0.1) is 11.8 Å². The fourth-order valence-electron chi connectivity index (χ4n) is 2.07. The Morgan fingerprint density at radius 3 is 2.67 bits per heavy atom. The Labute approximate surface area is 130 Å². The number of rotatable bonds is 8. The van der Waals surface area contributed by atoms with Crippen LogP contribution in [-0.2, 0) is 12.2 Å². The SMILES string of the molecule is CCNC(CC)Cc1nc(CSc2ccc(C)cc2)no1. The lowest BCUT2D eigenvalue weighted by molar-refractivity contribution is 0.352. The molecule has 114 valence electrons. The molecule has 0 aliphatic heterocycles. The van der Waals surface area contributed by atoms with Gasteiger partial charge in [-0.3, -0.25) is 0 Å². The first-order valence-electron chi connectivity index (χ1n) is 7.45. The van der Waals surface area contributed by atoms with Gasteiger partial charge in [0, 0.05) is 17.4 Å². The van der Waals surface area contributed by atoms with Crippen LogP contribution in [0.4, 0.5) is 0 Å². The molecule has 0 aliphatic rings. The number of hydrogen-bond acceptors (Lipinski definition) is 5. The van der Waals surface area contributed by atoms with Crippen molar-refractivity contribution in [2.75, 3.05) is 6.54 Å². The second kappa shape index (κ2) is 8.20. The number of nitrogens with one attached hydrogen (secondary N) is 1. The van der Waals surface area contributed by atoms with E-state index in [0.29, 0.717) is 6.04 Å². The Morgan fingerprint density at radius 2 is 2.00 bits per heavy atom. The van der Waals surface area contributed by atoms with E-state index in [1.807, 2.05) is 0 Å². The van der Waals surface area contributed by atoms with Gasteiger partial charge < -0.3 is 9.84 Å². The summed E-state index contributed by atoms with van der Waals surface area (Å²) in [5.41, 5.74) is 1.27. The molecule has 0 bridgehead atoms. The van der Waals surface area contributed by atoms with Crippen LogP contribution in [0.5, 0.6) is 0 Å². The Kier molecular flexibility index (Phi) is 6.26. The number of aryl methyl sites for hydroxylation is 1. The van der Waals surface area contributed by atoms with Crippen LogP contribution in [-0.4, -0.2) is 22.7 Å². The maximum atomic E-state index is 5.34. The number of nitrogens with zero attached hydrogens (tertiary/aromatic N) is 2. The van der Waals surface area contributed by atoms with Crippen LogP contribution in [0.2, 0.25) is 0 Å². The number of aromatic nitrogens is 2. The van der Waals surface area contributed by atoms with Crippen molar-refractivity contribution in [3.8, 4) is 0 Å². The van der Waals surface area contributed by atoms with Gasteiger partial charge in [-0.1, -0.05) is 36.7 Å². The van der Waals surface area contributed by atoms with Crippen LogP contribution in [0.1, 0.15) is 37.5 Å². The highest BCUT2D eigenvalue weighted by Crippen LogP contribution is 2.21. The zero-order valence-electron chi connectivity index (χ0n) is 12.9. The van der Waals surface area contributed by atoms with Crippen molar-refractivity contribution in [1.29, 1.82) is 0 Å². The van der Waals surface area contributed by atoms with Crippen molar-refractivity contribution in [2.24, 2.45) is 0 Å². The van der Waals surface area contributed by atoms with Crippen LogP contribution < -0.4 is 5.32 Å². The molecule has 1 aromatic carbocycles. The summed E-state index contributed by atoms with van der Waals surface area (Å²) in [6.07, 6.45) is 1.86. The molecule has 0 spiro atoms. The van der Waals surface area contributed by atoms with Gasteiger partial charge in [0.1, 0.15) is 0 Å². The van der Waals surface area contributed by atoms with Crippen LogP contribution in [0.3, 0.4) is 0 Å². The van der Waals surface area contributed by atoms with Gasteiger partial charge in [-0.25, -0.2) is 0 Å². The summed E-state index contributed by atoms with van der Waals surface area (Å²) in [6, 6.07) is 8.89. The van der Waals surface area contributed by atoms with E-state index in [2.05, 4.69) is 60.5 Å². The predicted molar refractivity (Wildman–Crippen MR) is 86.5 cm³/mol. The Hall–Kier alpha value is -1.33. The van der Waals surface area contributed by atoms with Crippen LogP contribution in [0, 0.1) is 6.92 Å². The largest absolute Gasteiger partial charge is 0.339 e. The molecular formula is C16H23N3OS. The number of hydrogen-bond donors (Lipinski definition) is 1. The van der Waals surface area contributed by atoms with Gasteiger partial charge in [0.25, 0.3) is 0 Å². The minimum atomic E-state index is 0.410. The van der Waals surface area contributed by atoms with Gasteiger partial charge in [-0.2, -0.15) is 4.98 Å². The molecule has 5 heteroatoms. The van der Waals surface area contributed by atoms with Crippen LogP contribution in [0.15, 0.2) is 33.7 Å². The normalized spacial score (nSPS) is 12.5. The zero-order chi connectivity index (χ0) is 15.1. The Morgan fingerprint density at radius 1 is 1.24 bits per heavy atom. The molecule has 0 radical (unpaired) electrons. The lowest BCUT2D eigenvalue weighted by Crippen LogP contribution is -2.30. The van der Waals surface area contributed by atoms with Crippen LogP contribution >= 0.6 is 11.8 Å². The van der Waals surface area contributed by atoms with E-state index in [9.17, 15) is 0 Å².